The summed E-state index contributed by atoms with van der Waals surface area (Å²) in [5, 5.41) is 12.3. The Morgan fingerprint density at radius 2 is 2.24 bits per heavy atom. The van der Waals surface area contributed by atoms with Crippen LogP contribution < -0.4 is 10.1 Å². The highest BCUT2D eigenvalue weighted by molar-refractivity contribution is 5.39. The Morgan fingerprint density at radius 3 is 3.00 bits per heavy atom. The van der Waals surface area contributed by atoms with Crippen LogP contribution >= 0.6 is 0 Å². The molecule has 1 fully saturated rings. The second-order valence-electron chi connectivity index (χ2n) is 5.12. The van der Waals surface area contributed by atoms with Gasteiger partial charge < -0.3 is 10.1 Å². The van der Waals surface area contributed by atoms with Crippen molar-refractivity contribution in [3.05, 3.63) is 29.8 Å². The molecule has 1 aromatic rings. The Balaban J connectivity index is 1.63. The largest absolute Gasteiger partial charge is 0.491 e. The molecule has 1 saturated carbocycles. The molecule has 1 aliphatic carbocycles. The van der Waals surface area contributed by atoms with Crippen molar-refractivity contribution in [3.8, 4) is 11.8 Å². The number of benzene rings is 1. The van der Waals surface area contributed by atoms with Crippen molar-refractivity contribution >= 4 is 0 Å². The van der Waals surface area contributed by atoms with Crippen LogP contribution in [0.5, 0.6) is 5.75 Å². The van der Waals surface area contributed by atoms with Crippen LogP contribution in [-0.4, -0.2) is 13.2 Å². The monoisotopic (exact) mass is 228 g/mol. The van der Waals surface area contributed by atoms with Crippen molar-refractivity contribution in [2.75, 3.05) is 13.2 Å². The van der Waals surface area contributed by atoms with E-state index in [2.05, 4.69) is 17.5 Å². The van der Waals surface area contributed by atoms with Crippen molar-refractivity contribution < 1.29 is 4.74 Å². The van der Waals surface area contributed by atoms with E-state index in [-0.39, 0.29) is 5.41 Å². The van der Waals surface area contributed by atoms with Crippen LogP contribution in [0.3, 0.4) is 0 Å². The molecule has 0 bridgehead atoms. The molecular formula is C14H16N2O. The first-order valence-corrected chi connectivity index (χ1v) is 6.15. The van der Waals surface area contributed by atoms with E-state index in [9.17, 15) is 0 Å². The molecule has 3 heteroatoms. The summed E-state index contributed by atoms with van der Waals surface area (Å²) in [6, 6.07) is 10.8. The molecule has 0 radical (unpaired) electrons. The van der Waals surface area contributed by atoms with E-state index in [0.29, 0.717) is 19.1 Å². The van der Waals surface area contributed by atoms with E-state index in [0.717, 1.165) is 12.3 Å². The number of hydrogen-bond donors (Lipinski definition) is 1. The molecule has 1 aromatic carbocycles. The van der Waals surface area contributed by atoms with Gasteiger partial charge in [0, 0.05) is 18.5 Å². The average Bonchev–Trinajstić information content (AvgIpc) is 3.00. The van der Waals surface area contributed by atoms with Gasteiger partial charge in [-0.3, -0.25) is 0 Å². The van der Waals surface area contributed by atoms with Crippen LogP contribution in [0, 0.1) is 16.7 Å². The third-order valence-corrected chi connectivity index (χ3v) is 3.83. The minimum absolute atomic E-state index is 0.256. The maximum absolute atomic E-state index is 8.79. The van der Waals surface area contributed by atoms with Gasteiger partial charge in [-0.1, -0.05) is 18.2 Å². The molecule has 17 heavy (non-hydrogen) atoms. The van der Waals surface area contributed by atoms with Crippen molar-refractivity contribution in [1.29, 1.82) is 5.26 Å². The molecular weight excluding hydrogens is 212 g/mol. The molecule has 0 spiro atoms. The van der Waals surface area contributed by atoms with E-state index < -0.39 is 0 Å². The minimum Gasteiger partial charge on any atom is -0.491 e. The Hall–Kier alpha value is -1.53. The number of nitriles is 1. The van der Waals surface area contributed by atoms with Gasteiger partial charge in [0.2, 0.25) is 0 Å². The van der Waals surface area contributed by atoms with E-state index >= 15 is 0 Å². The minimum atomic E-state index is 0.256. The molecule has 1 N–H and O–H groups in total. The van der Waals surface area contributed by atoms with E-state index in [1.807, 2.05) is 18.2 Å². The SMILES string of the molecule is N#CCC1(CNC2COc3ccccc32)CC1. The molecule has 0 aromatic heterocycles. The van der Waals surface area contributed by atoms with Crippen LogP contribution in [0.25, 0.3) is 0 Å². The fourth-order valence-electron chi connectivity index (χ4n) is 2.43. The van der Waals surface area contributed by atoms with Gasteiger partial charge in [0.1, 0.15) is 12.4 Å². The predicted molar refractivity (Wildman–Crippen MR) is 64.6 cm³/mol. The highest BCUT2D eigenvalue weighted by Crippen LogP contribution is 2.48. The first-order valence-electron chi connectivity index (χ1n) is 6.15. The highest BCUT2D eigenvalue weighted by atomic mass is 16.5. The zero-order valence-electron chi connectivity index (χ0n) is 9.78. The van der Waals surface area contributed by atoms with Crippen molar-refractivity contribution in [3.63, 3.8) is 0 Å². The fraction of sp³-hybridized carbons (Fsp3) is 0.500. The third-order valence-electron chi connectivity index (χ3n) is 3.83. The highest BCUT2D eigenvalue weighted by Gasteiger charge is 2.42. The van der Waals surface area contributed by atoms with Crippen LogP contribution in [-0.2, 0) is 0 Å². The van der Waals surface area contributed by atoms with E-state index in [4.69, 9.17) is 10.00 Å². The van der Waals surface area contributed by atoms with Gasteiger partial charge in [0.15, 0.2) is 0 Å². The topological polar surface area (TPSA) is 45.0 Å². The van der Waals surface area contributed by atoms with E-state index in [1.54, 1.807) is 0 Å². The lowest BCUT2D eigenvalue weighted by Crippen LogP contribution is -2.29. The number of rotatable bonds is 4. The summed E-state index contributed by atoms with van der Waals surface area (Å²) in [6.45, 7) is 1.64. The molecule has 0 saturated heterocycles. The van der Waals surface area contributed by atoms with Crippen molar-refractivity contribution in [2.24, 2.45) is 5.41 Å². The van der Waals surface area contributed by atoms with Gasteiger partial charge in [-0.2, -0.15) is 5.26 Å². The normalized spacial score (nSPS) is 23.6. The lowest BCUT2D eigenvalue weighted by atomic mass is 10.0. The number of ether oxygens (including phenoxy) is 1. The molecule has 3 nitrogen and oxygen atoms in total. The molecule has 1 heterocycles. The lowest BCUT2D eigenvalue weighted by molar-refractivity contribution is 0.300. The predicted octanol–water partition coefficient (Wildman–Crippen LogP) is 2.40. The molecule has 1 atom stereocenters. The number of nitrogens with zero attached hydrogens (tertiary/aromatic N) is 1. The molecule has 1 unspecified atom stereocenters. The lowest BCUT2D eigenvalue weighted by Gasteiger charge is -2.16. The smallest absolute Gasteiger partial charge is 0.124 e. The van der Waals surface area contributed by atoms with E-state index in [1.165, 1.54) is 18.4 Å². The summed E-state index contributed by atoms with van der Waals surface area (Å²) in [5.41, 5.74) is 1.51. The van der Waals surface area contributed by atoms with Gasteiger partial charge in [-0.25, -0.2) is 0 Å². The van der Waals surface area contributed by atoms with Gasteiger partial charge in [0.25, 0.3) is 0 Å². The standard InChI is InChI=1S/C14H16N2O/c15-8-7-14(5-6-14)10-16-12-9-17-13-4-2-1-3-11(12)13/h1-4,12,16H,5-7,9-10H2. The summed E-state index contributed by atoms with van der Waals surface area (Å²) in [5.74, 6) is 0.995. The van der Waals surface area contributed by atoms with Crippen molar-refractivity contribution in [1.82, 2.24) is 5.32 Å². The summed E-state index contributed by atoms with van der Waals surface area (Å²) in [7, 11) is 0. The number of nitrogens with one attached hydrogen (secondary N) is 1. The fourth-order valence-corrected chi connectivity index (χ4v) is 2.43. The molecule has 3 rings (SSSR count). The van der Waals surface area contributed by atoms with Crippen LogP contribution in [0.2, 0.25) is 0 Å². The first kappa shape index (κ1) is 10.6. The zero-order chi connectivity index (χ0) is 11.7. The Bertz CT molecular complexity index is 460. The van der Waals surface area contributed by atoms with Crippen LogP contribution in [0.1, 0.15) is 30.9 Å². The van der Waals surface area contributed by atoms with Crippen molar-refractivity contribution in [2.45, 2.75) is 25.3 Å². The Kier molecular flexibility index (Phi) is 2.53. The second-order valence-corrected chi connectivity index (χ2v) is 5.12. The van der Waals surface area contributed by atoms with Gasteiger partial charge in [0.05, 0.1) is 12.1 Å². The zero-order valence-corrected chi connectivity index (χ0v) is 9.78. The summed E-state index contributed by atoms with van der Waals surface area (Å²) in [6.07, 6.45) is 3.04. The molecule has 88 valence electrons. The van der Waals surface area contributed by atoms with Crippen LogP contribution in [0.15, 0.2) is 24.3 Å². The van der Waals surface area contributed by atoms with Crippen LogP contribution in [0.4, 0.5) is 0 Å². The molecule has 1 aliphatic heterocycles. The van der Waals surface area contributed by atoms with Gasteiger partial charge in [-0.15, -0.1) is 0 Å². The summed E-state index contributed by atoms with van der Waals surface area (Å²) < 4.78 is 5.63. The molecule has 0 amide bonds. The molecule has 2 aliphatic rings. The summed E-state index contributed by atoms with van der Waals surface area (Å²) >= 11 is 0. The quantitative estimate of drug-likeness (QED) is 0.860. The Labute approximate surface area is 101 Å². The first-order chi connectivity index (χ1) is 8.33. The average molecular weight is 228 g/mol. The third kappa shape index (κ3) is 2.01. The number of fused-ring (bicyclic) bond motifs is 1. The maximum Gasteiger partial charge on any atom is 0.124 e. The van der Waals surface area contributed by atoms with Gasteiger partial charge in [-0.05, 0) is 24.3 Å². The maximum atomic E-state index is 8.79. The number of para-hydroxylation sites is 1. The number of hydrogen-bond acceptors (Lipinski definition) is 3. The second kappa shape index (κ2) is 4.05. The summed E-state index contributed by atoms with van der Waals surface area (Å²) in [4.78, 5) is 0. The van der Waals surface area contributed by atoms with Gasteiger partial charge >= 0.3 is 0 Å². The Morgan fingerprint density at radius 1 is 1.41 bits per heavy atom.